The normalized spacial score (nSPS) is 22.2. The Bertz CT molecular complexity index is 1220. The number of aryl methyl sites for hydroxylation is 1. The lowest BCUT2D eigenvalue weighted by Gasteiger charge is -2.34. The van der Waals surface area contributed by atoms with E-state index >= 15 is 0 Å². The third-order valence-corrected chi connectivity index (χ3v) is 6.98. The molecule has 0 saturated carbocycles. The molecule has 3 heterocycles. The zero-order chi connectivity index (χ0) is 24.4. The Morgan fingerprint density at radius 2 is 1.89 bits per heavy atom. The van der Waals surface area contributed by atoms with Crippen molar-refractivity contribution < 1.29 is 0 Å². The second kappa shape index (κ2) is 9.84. The fourth-order valence-corrected chi connectivity index (χ4v) is 5.03. The van der Waals surface area contributed by atoms with Gasteiger partial charge in [0.2, 0.25) is 5.95 Å². The van der Waals surface area contributed by atoms with Gasteiger partial charge in [-0.25, -0.2) is 4.98 Å². The maximum Gasteiger partial charge on any atom is 0.227 e. The number of dihydropyridines is 1. The number of likely N-dealkylation sites (N-methyl/N-ethyl adjacent to an activating group) is 1. The van der Waals surface area contributed by atoms with Gasteiger partial charge < -0.3 is 20.4 Å². The summed E-state index contributed by atoms with van der Waals surface area (Å²) in [5.41, 5.74) is 5.05. The lowest BCUT2D eigenvalue weighted by molar-refractivity contribution is 0.311. The molecule has 2 N–H and O–H groups in total. The fourth-order valence-electron chi connectivity index (χ4n) is 4.70. The highest BCUT2D eigenvalue weighted by molar-refractivity contribution is 6.30. The van der Waals surface area contributed by atoms with Crippen LogP contribution in [0.3, 0.4) is 0 Å². The number of anilines is 3. The smallest absolute Gasteiger partial charge is 0.227 e. The summed E-state index contributed by atoms with van der Waals surface area (Å²) in [4.78, 5) is 18.8. The molecule has 7 nitrogen and oxygen atoms in total. The van der Waals surface area contributed by atoms with Crippen LogP contribution >= 0.6 is 11.6 Å². The van der Waals surface area contributed by atoms with Crippen LogP contribution in [0.2, 0.25) is 0 Å². The summed E-state index contributed by atoms with van der Waals surface area (Å²) in [6.07, 6.45) is 8.65. The van der Waals surface area contributed by atoms with Gasteiger partial charge in [-0.15, -0.1) is 0 Å². The second-order valence-corrected chi connectivity index (χ2v) is 10.2. The van der Waals surface area contributed by atoms with E-state index in [-0.39, 0.29) is 5.54 Å². The minimum atomic E-state index is -0.325. The number of piperazine rings is 1. The number of fused-ring (bicyclic) bond motifs is 1. The topological polar surface area (TPSA) is 68.7 Å². The first-order valence-electron chi connectivity index (χ1n) is 12.1. The van der Waals surface area contributed by atoms with Gasteiger partial charge in [-0.2, -0.15) is 4.98 Å². The molecule has 1 saturated heterocycles. The molecular weight excluding hydrogens is 458 g/mol. The van der Waals surface area contributed by atoms with Crippen LogP contribution < -0.4 is 15.5 Å². The van der Waals surface area contributed by atoms with Gasteiger partial charge in [0, 0.05) is 79.1 Å². The average molecular weight is 490 g/mol. The Labute approximate surface area is 212 Å². The SMILES string of the molecule is Cc1cc(NCc2cccc(NC3=CC=NC4(C)CC(Cl)=CC=C34)c2)nc(N2CCN(C)CC2)n1. The molecule has 1 aliphatic carbocycles. The van der Waals surface area contributed by atoms with E-state index in [1.165, 1.54) is 5.56 Å². The van der Waals surface area contributed by atoms with Crippen LogP contribution in [0.5, 0.6) is 0 Å². The number of aliphatic imine (C=N–C) groups is 1. The third-order valence-electron chi connectivity index (χ3n) is 6.72. The fraction of sp³-hybridized carbons (Fsp3) is 0.370. The van der Waals surface area contributed by atoms with Crippen LogP contribution in [0.25, 0.3) is 0 Å². The molecule has 0 radical (unpaired) electrons. The van der Waals surface area contributed by atoms with Gasteiger partial charge in [0.05, 0.1) is 5.54 Å². The van der Waals surface area contributed by atoms with Gasteiger partial charge in [0.1, 0.15) is 5.82 Å². The molecule has 1 atom stereocenters. The highest BCUT2D eigenvalue weighted by atomic mass is 35.5. The van der Waals surface area contributed by atoms with Crippen LogP contribution in [-0.2, 0) is 6.54 Å². The van der Waals surface area contributed by atoms with E-state index in [0.29, 0.717) is 13.0 Å². The lowest BCUT2D eigenvalue weighted by atomic mass is 9.82. The molecule has 0 spiro atoms. The Kier molecular flexibility index (Phi) is 6.62. The molecule has 1 aromatic carbocycles. The summed E-state index contributed by atoms with van der Waals surface area (Å²) in [6.45, 7) is 8.78. The number of hydrogen-bond acceptors (Lipinski definition) is 7. The van der Waals surface area contributed by atoms with E-state index < -0.39 is 0 Å². The van der Waals surface area contributed by atoms with E-state index in [2.05, 4.69) is 69.7 Å². The molecule has 8 heteroatoms. The van der Waals surface area contributed by atoms with Crippen LogP contribution in [0.15, 0.2) is 69.9 Å². The Morgan fingerprint density at radius 1 is 1.06 bits per heavy atom. The first-order chi connectivity index (χ1) is 16.9. The molecule has 182 valence electrons. The van der Waals surface area contributed by atoms with Crippen molar-refractivity contribution in [3.63, 3.8) is 0 Å². The number of nitrogens with zero attached hydrogens (tertiary/aromatic N) is 5. The minimum Gasteiger partial charge on any atom is -0.366 e. The Morgan fingerprint density at radius 3 is 2.71 bits per heavy atom. The van der Waals surface area contributed by atoms with Gasteiger partial charge in [-0.3, -0.25) is 4.99 Å². The Balaban J connectivity index is 1.27. The molecule has 2 aromatic rings. The minimum absolute atomic E-state index is 0.325. The number of halogens is 1. The standard InChI is InChI=1S/C27H32ClN7/c1-19-15-25(33-26(31-19)35-13-11-34(3)12-14-35)29-18-20-5-4-6-22(16-20)32-24-9-10-30-27(2)17-21(28)7-8-23(24)27/h4-10,15-16,32H,11-14,17-18H2,1-3H3,(H,29,31,33). The van der Waals surface area contributed by atoms with E-state index in [4.69, 9.17) is 21.6 Å². The van der Waals surface area contributed by atoms with Crippen LogP contribution in [0.4, 0.5) is 17.5 Å². The van der Waals surface area contributed by atoms with Crippen LogP contribution in [0.1, 0.15) is 24.6 Å². The first kappa shape index (κ1) is 23.6. The molecule has 0 bridgehead atoms. The first-order valence-corrected chi connectivity index (χ1v) is 12.5. The number of aromatic nitrogens is 2. The molecule has 2 aliphatic heterocycles. The number of nitrogens with one attached hydrogen (secondary N) is 2. The molecule has 5 rings (SSSR count). The largest absolute Gasteiger partial charge is 0.366 e. The van der Waals surface area contributed by atoms with E-state index in [0.717, 1.165) is 65.6 Å². The van der Waals surface area contributed by atoms with Crippen LogP contribution in [0, 0.1) is 6.92 Å². The van der Waals surface area contributed by atoms with Crippen molar-refractivity contribution in [2.75, 3.05) is 48.8 Å². The van der Waals surface area contributed by atoms with Crippen molar-refractivity contribution in [2.45, 2.75) is 32.4 Å². The maximum absolute atomic E-state index is 6.29. The van der Waals surface area contributed by atoms with Gasteiger partial charge in [0.15, 0.2) is 0 Å². The van der Waals surface area contributed by atoms with E-state index in [1.54, 1.807) is 0 Å². The van der Waals surface area contributed by atoms with Crippen molar-refractivity contribution in [2.24, 2.45) is 4.99 Å². The summed E-state index contributed by atoms with van der Waals surface area (Å²) in [6, 6.07) is 10.4. The van der Waals surface area contributed by atoms with Gasteiger partial charge in [-0.05, 0) is 50.7 Å². The molecule has 1 unspecified atom stereocenters. The zero-order valence-corrected chi connectivity index (χ0v) is 21.3. The quantitative estimate of drug-likeness (QED) is 0.610. The van der Waals surface area contributed by atoms with Gasteiger partial charge in [-0.1, -0.05) is 29.8 Å². The van der Waals surface area contributed by atoms with Crippen molar-refractivity contribution in [1.29, 1.82) is 0 Å². The number of hydrogen-bond donors (Lipinski definition) is 2. The predicted molar refractivity (Wildman–Crippen MR) is 145 cm³/mol. The van der Waals surface area contributed by atoms with Crippen molar-refractivity contribution in [1.82, 2.24) is 14.9 Å². The summed E-state index contributed by atoms with van der Waals surface area (Å²) < 4.78 is 0. The molecule has 1 fully saturated rings. The summed E-state index contributed by atoms with van der Waals surface area (Å²) >= 11 is 6.29. The average Bonchev–Trinajstić information content (AvgIpc) is 2.82. The van der Waals surface area contributed by atoms with E-state index in [1.807, 2.05) is 31.4 Å². The summed E-state index contributed by atoms with van der Waals surface area (Å²) in [7, 11) is 2.15. The zero-order valence-electron chi connectivity index (χ0n) is 20.6. The van der Waals surface area contributed by atoms with Crippen LogP contribution in [-0.4, -0.2) is 59.8 Å². The second-order valence-electron chi connectivity index (χ2n) is 9.67. The van der Waals surface area contributed by atoms with Crippen molar-refractivity contribution in [3.05, 3.63) is 76.1 Å². The monoisotopic (exact) mass is 489 g/mol. The van der Waals surface area contributed by atoms with Crippen molar-refractivity contribution >= 4 is 35.3 Å². The number of benzene rings is 1. The van der Waals surface area contributed by atoms with Crippen molar-refractivity contribution in [3.8, 4) is 0 Å². The molecule has 3 aliphatic rings. The third kappa shape index (κ3) is 5.41. The van der Waals surface area contributed by atoms with Gasteiger partial charge >= 0.3 is 0 Å². The Hall–Kier alpha value is -3.16. The van der Waals surface area contributed by atoms with Gasteiger partial charge in [0.25, 0.3) is 0 Å². The number of rotatable bonds is 6. The molecule has 35 heavy (non-hydrogen) atoms. The maximum atomic E-state index is 6.29. The summed E-state index contributed by atoms with van der Waals surface area (Å²) in [5.74, 6) is 1.66. The molecule has 0 amide bonds. The highest BCUT2D eigenvalue weighted by Crippen LogP contribution is 2.39. The number of allylic oxidation sites excluding steroid dienone is 3. The lowest BCUT2D eigenvalue weighted by Crippen LogP contribution is -2.45. The molecule has 1 aromatic heterocycles. The summed E-state index contributed by atoms with van der Waals surface area (Å²) in [5, 5.41) is 7.91. The predicted octanol–water partition coefficient (Wildman–Crippen LogP) is 4.74. The molecular formula is C27H32ClN7. The van der Waals surface area contributed by atoms with E-state index in [9.17, 15) is 0 Å². The highest BCUT2D eigenvalue weighted by Gasteiger charge is 2.34.